The lowest BCUT2D eigenvalue weighted by Gasteiger charge is -2.31. The number of nitro groups is 1. The molecule has 1 aromatic carbocycles. The number of hydrogen-bond acceptors (Lipinski definition) is 5. The van der Waals surface area contributed by atoms with Gasteiger partial charge in [-0.05, 0) is 31.4 Å². The highest BCUT2D eigenvalue weighted by Crippen LogP contribution is 2.55. The van der Waals surface area contributed by atoms with Gasteiger partial charge in [0.1, 0.15) is 0 Å². The van der Waals surface area contributed by atoms with Gasteiger partial charge in [0.15, 0.2) is 0 Å². The molecular weight excluding hydrogens is 302 g/mol. The van der Waals surface area contributed by atoms with Crippen LogP contribution in [0.5, 0.6) is 0 Å². The summed E-state index contributed by atoms with van der Waals surface area (Å²) < 4.78 is 5.08. The second kappa shape index (κ2) is 5.76. The molecule has 0 saturated heterocycles. The van der Waals surface area contributed by atoms with Gasteiger partial charge in [0.2, 0.25) is 0 Å². The number of fused-ring (bicyclic) bond motifs is 2. The summed E-state index contributed by atoms with van der Waals surface area (Å²) in [5, 5.41) is 11.5. The summed E-state index contributed by atoms with van der Waals surface area (Å²) in [6.45, 7) is 1.83. The third-order valence-corrected chi connectivity index (χ3v) is 5.92. The molecule has 22 heavy (non-hydrogen) atoms. The van der Waals surface area contributed by atoms with Crippen LogP contribution < -0.4 is 0 Å². The van der Waals surface area contributed by atoms with E-state index in [4.69, 9.17) is 4.74 Å². The van der Waals surface area contributed by atoms with Crippen molar-refractivity contribution < 1.29 is 14.5 Å². The van der Waals surface area contributed by atoms with Crippen molar-refractivity contribution in [1.82, 2.24) is 0 Å². The Hall–Kier alpha value is -1.82. The van der Waals surface area contributed by atoms with E-state index in [1.807, 2.05) is 42.5 Å². The van der Waals surface area contributed by atoms with Gasteiger partial charge in [-0.15, -0.1) is 11.8 Å². The van der Waals surface area contributed by atoms with Crippen molar-refractivity contribution in [2.75, 3.05) is 6.61 Å². The fourth-order valence-electron chi connectivity index (χ4n) is 3.47. The molecule has 0 aromatic heterocycles. The number of hydrogen-bond donors (Lipinski definition) is 0. The first-order valence-electron chi connectivity index (χ1n) is 7.32. The van der Waals surface area contributed by atoms with Crippen molar-refractivity contribution in [2.24, 2.45) is 11.8 Å². The third-order valence-electron chi connectivity index (χ3n) is 4.42. The fourth-order valence-corrected chi connectivity index (χ4v) is 4.99. The maximum Gasteiger partial charge on any atom is 0.386 e. The average molecular weight is 319 g/mol. The van der Waals surface area contributed by atoms with E-state index in [2.05, 4.69) is 0 Å². The van der Waals surface area contributed by atoms with Crippen LogP contribution in [0.2, 0.25) is 0 Å². The quantitative estimate of drug-likeness (QED) is 0.361. The van der Waals surface area contributed by atoms with Gasteiger partial charge in [-0.3, -0.25) is 10.1 Å². The standard InChI is InChI=1S/C16H17NO4S/c1-2-21-15(18)16(17(19)20)12-9-8-11(10-12)14(16)22-13-6-4-3-5-7-13/h3-9,11-12,14H,2,10H2,1H3/t11-,12+,14+,16+/m1/s1. The Balaban J connectivity index is 2.00. The van der Waals surface area contributed by atoms with Gasteiger partial charge in [-0.25, -0.2) is 4.79 Å². The average Bonchev–Trinajstić information content (AvgIpc) is 3.08. The number of esters is 1. The summed E-state index contributed by atoms with van der Waals surface area (Å²) in [7, 11) is 0. The summed E-state index contributed by atoms with van der Waals surface area (Å²) in [5.41, 5.74) is -1.67. The van der Waals surface area contributed by atoms with Gasteiger partial charge in [-0.1, -0.05) is 30.4 Å². The molecule has 0 N–H and O–H groups in total. The van der Waals surface area contributed by atoms with E-state index in [-0.39, 0.29) is 18.4 Å². The highest BCUT2D eigenvalue weighted by molar-refractivity contribution is 8.00. The molecule has 0 unspecified atom stereocenters. The number of thioether (sulfide) groups is 1. The lowest BCUT2D eigenvalue weighted by Crippen LogP contribution is -2.58. The Morgan fingerprint density at radius 3 is 2.77 bits per heavy atom. The van der Waals surface area contributed by atoms with E-state index in [0.717, 1.165) is 4.90 Å². The number of carbonyl (C=O) groups excluding carboxylic acids is 1. The third kappa shape index (κ3) is 2.13. The molecule has 0 heterocycles. The van der Waals surface area contributed by atoms with Crippen LogP contribution in [0.1, 0.15) is 13.3 Å². The minimum Gasteiger partial charge on any atom is -0.461 e. The van der Waals surface area contributed by atoms with Crippen molar-refractivity contribution >= 4 is 17.7 Å². The molecule has 0 amide bonds. The molecule has 0 spiro atoms. The number of nitrogens with zero attached hydrogens (tertiary/aromatic N) is 1. The van der Waals surface area contributed by atoms with Gasteiger partial charge in [0.05, 0.1) is 17.8 Å². The predicted octanol–water partition coefficient (Wildman–Crippen LogP) is 2.93. The predicted molar refractivity (Wildman–Crippen MR) is 83.2 cm³/mol. The van der Waals surface area contributed by atoms with Crippen molar-refractivity contribution in [3.8, 4) is 0 Å². The second-order valence-electron chi connectivity index (χ2n) is 5.55. The van der Waals surface area contributed by atoms with Gasteiger partial charge < -0.3 is 4.74 Å². The molecule has 0 radical (unpaired) electrons. The normalized spacial score (nSPS) is 32.1. The summed E-state index contributed by atoms with van der Waals surface area (Å²) in [6, 6.07) is 9.51. The minimum absolute atomic E-state index is 0.0324. The van der Waals surface area contributed by atoms with Crippen molar-refractivity contribution in [3.05, 3.63) is 52.6 Å². The molecule has 116 valence electrons. The number of ether oxygens (including phenoxy) is 1. The zero-order chi connectivity index (χ0) is 15.7. The van der Waals surface area contributed by atoms with Crippen LogP contribution >= 0.6 is 11.8 Å². The second-order valence-corrected chi connectivity index (χ2v) is 6.76. The molecule has 1 saturated carbocycles. The summed E-state index contributed by atoms with van der Waals surface area (Å²) in [6.07, 6.45) is 4.46. The number of allylic oxidation sites excluding steroid dienone is 1. The smallest absolute Gasteiger partial charge is 0.386 e. The van der Waals surface area contributed by atoms with Gasteiger partial charge in [-0.2, -0.15) is 0 Å². The Kier molecular flexibility index (Phi) is 3.95. The first kappa shape index (κ1) is 15.1. The van der Waals surface area contributed by atoms with E-state index in [9.17, 15) is 14.9 Å². The Morgan fingerprint density at radius 1 is 1.41 bits per heavy atom. The highest BCUT2D eigenvalue weighted by Gasteiger charge is 2.71. The largest absolute Gasteiger partial charge is 0.461 e. The molecule has 0 aliphatic heterocycles. The fraction of sp³-hybridized carbons (Fsp3) is 0.438. The summed E-state index contributed by atoms with van der Waals surface area (Å²) >= 11 is 1.41. The van der Waals surface area contributed by atoms with Crippen molar-refractivity contribution in [3.63, 3.8) is 0 Å². The lowest BCUT2D eigenvalue weighted by atomic mass is 9.84. The van der Waals surface area contributed by atoms with E-state index >= 15 is 0 Å². The Labute approximate surface area is 132 Å². The molecule has 1 aromatic rings. The number of rotatable bonds is 5. The number of carbonyl (C=O) groups is 1. The monoisotopic (exact) mass is 319 g/mol. The maximum atomic E-state index is 12.5. The minimum atomic E-state index is -1.67. The maximum absolute atomic E-state index is 12.5. The first-order chi connectivity index (χ1) is 10.6. The SMILES string of the molecule is CCOC(=O)[C@]1([N+](=O)[O-])[C@H]2C=C[C@H](C2)[C@@H]1Sc1ccccc1. The molecular formula is C16H17NO4S. The van der Waals surface area contributed by atoms with Crippen molar-refractivity contribution in [1.29, 1.82) is 0 Å². The number of benzene rings is 1. The van der Waals surface area contributed by atoms with E-state index in [0.29, 0.717) is 6.42 Å². The van der Waals surface area contributed by atoms with E-state index in [1.54, 1.807) is 6.92 Å². The van der Waals surface area contributed by atoms with E-state index in [1.165, 1.54) is 11.8 Å². The Morgan fingerprint density at radius 2 is 2.14 bits per heavy atom. The lowest BCUT2D eigenvalue weighted by molar-refractivity contribution is -0.559. The van der Waals surface area contributed by atoms with Crippen LogP contribution in [0.3, 0.4) is 0 Å². The zero-order valence-corrected chi connectivity index (χ0v) is 13.0. The van der Waals surface area contributed by atoms with Crippen molar-refractivity contribution in [2.45, 2.75) is 29.0 Å². The highest BCUT2D eigenvalue weighted by atomic mass is 32.2. The molecule has 2 aliphatic carbocycles. The molecule has 1 fully saturated rings. The molecule has 2 aliphatic rings. The van der Waals surface area contributed by atoms with Crippen LogP contribution in [-0.2, 0) is 9.53 Å². The Bertz CT molecular complexity index is 618. The van der Waals surface area contributed by atoms with Crippen LogP contribution in [-0.4, -0.2) is 28.3 Å². The summed E-state index contributed by atoms with van der Waals surface area (Å²) in [5.74, 6) is -1.05. The van der Waals surface area contributed by atoms with Crippen LogP contribution in [0.4, 0.5) is 0 Å². The van der Waals surface area contributed by atoms with Gasteiger partial charge >= 0.3 is 11.5 Å². The van der Waals surface area contributed by atoms with Crippen LogP contribution in [0.15, 0.2) is 47.4 Å². The van der Waals surface area contributed by atoms with Crippen LogP contribution in [0, 0.1) is 22.0 Å². The first-order valence-corrected chi connectivity index (χ1v) is 8.20. The zero-order valence-electron chi connectivity index (χ0n) is 12.2. The summed E-state index contributed by atoms with van der Waals surface area (Å²) in [4.78, 5) is 24.9. The van der Waals surface area contributed by atoms with E-state index < -0.39 is 21.7 Å². The topological polar surface area (TPSA) is 69.4 Å². The molecule has 5 nitrogen and oxygen atoms in total. The molecule has 2 bridgehead atoms. The van der Waals surface area contributed by atoms with Gasteiger partial charge in [0, 0.05) is 9.82 Å². The molecule has 3 rings (SSSR count). The van der Waals surface area contributed by atoms with Gasteiger partial charge in [0.25, 0.3) is 0 Å². The molecule has 6 heteroatoms. The van der Waals surface area contributed by atoms with Crippen LogP contribution in [0.25, 0.3) is 0 Å². The molecule has 4 atom stereocenters.